The number of thiophene rings is 1. The Balaban J connectivity index is 1.41. The van der Waals surface area contributed by atoms with Gasteiger partial charge in [-0.05, 0) is 43.0 Å². The van der Waals surface area contributed by atoms with Crippen molar-refractivity contribution in [3.63, 3.8) is 0 Å². The lowest BCUT2D eigenvalue weighted by Crippen LogP contribution is -2.23. The van der Waals surface area contributed by atoms with Gasteiger partial charge in [-0.1, -0.05) is 30.0 Å². The van der Waals surface area contributed by atoms with Gasteiger partial charge in [0.05, 0.1) is 11.3 Å². The van der Waals surface area contributed by atoms with E-state index in [1.807, 2.05) is 60.2 Å². The fourth-order valence-corrected chi connectivity index (χ4v) is 4.90. The number of esters is 1. The van der Waals surface area contributed by atoms with Crippen LogP contribution >= 0.6 is 23.1 Å². The van der Waals surface area contributed by atoms with Gasteiger partial charge in [0.2, 0.25) is 0 Å². The third-order valence-corrected chi connectivity index (χ3v) is 6.81. The van der Waals surface area contributed by atoms with E-state index in [0.717, 1.165) is 27.2 Å². The van der Waals surface area contributed by atoms with Crippen molar-refractivity contribution in [3.8, 4) is 11.8 Å². The molecule has 0 atom stereocenters. The minimum Gasteiger partial charge on any atom is -0.455 e. The van der Waals surface area contributed by atoms with E-state index < -0.39 is 18.5 Å². The van der Waals surface area contributed by atoms with Gasteiger partial charge < -0.3 is 10.1 Å². The number of carbonyl (C=O) groups is 2. The molecule has 3 heterocycles. The molecule has 0 radical (unpaired) electrons. The molecule has 0 aliphatic rings. The van der Waals surface area contributed by atoms with Crippen LogP contribution in [0.25, 0.3) is 15.9 Å². The molecule has 33 heavy (non-hydrogen) atoms. The van der Waals surface area contributed by atoms with Gasteiger partial charge in [0, 0.05) is 16.8 Å². The molecule has 0 bridgehead atoms. The van der Waals surface area contributed by atoms with E-state index in [0.29, 0.717) is 16.4 Å². The average Bonchev–Trinajstić information content (AvgIpc) is 3.40. The SMILES string of the molecule is Cc1c(C#N)c(NC(=O)COC(=O)CSc2ncnc3sccc23)n(-c2ccccc2)c1C. The van der Waals surface area contributed by atoms with E-state index in [1.165, 1.54) is 29.4 Å². The Morgan fingerprint density at radius 1 is 1.21 bits per heavy atom. The second kappa shape index (κ2) is 9.85. The van der Waals surface area contributed by atoms with Crippen LogP contribution in [0.5, 0.6) is 0 Å². The lowest BCUT2D eigenvalue weighted by Gasteiger charge is -2.13. The number of nitrogens with one attached hydrogen (secondary N) is 1. The van der Waals surface area contributed by atoms with Crippen molar-refractivity contribution < 1.29 is 14.3 Å². The molecule has 1 aromatic carbocycles. The number of fused-ring (bicyclic) bond motifs is 1. The zero-order valence-electron chi connectivity index (χ0n) is 17.9. The average molecular weight is 478 g/mol. The molecule has 10 heteroatoms. The zero-order valence-corrected chi connectivity index (χ0v) is 19.5. The maximum atomic E-state index is 12.6. The summed E-state index contributed by atoms with van der Waals surface area (Å²) in [7, 11) is 0. The second-order valence-corrected chi connectivity index (χ2v) is 8.89. The minimum atomic E-state index is -0.538. The summed E-state index contributed by atoms with van der Waals surface area (Å²) in [5, 5.41) is 15.9. The van der Waals surface area contributed by atoms with Crippen molar-refractivity contribution in [3.05, 3.63) is 64.9 Å². The van der Waals surface area contributed by atoms with E-state index in [4.69, 9.17) is 4.74 Å². The highest BCUT2D eigenvalue weighted by Crippen LogP contribution is 2.30. The van der Waals surface area contributed by atoms with Gasteiger partial charge >= 0.3 is 5.97 Å². The number of anilines is 1. The van der Waals surface area contributed by atoms with Crippen LogP contribution < -0.4 is 5.32 Å². The quantitative estimate of drug-likeness (QED) is 0.241. The first-order chi connectivity index (χ1) is 16.0. The minimum absolute atomic E-state index is 0.0112. The van der Waals surface area contributed by atoms with E-state index >= 15 is 0 Å². The summed E-state index contributed by atoms with van der Waals surface area (Å²) in [4.78, 5) is 34.0. The highest BCUT2D eigenvalue weighted by atomic mass is 32.2. The van der Waals surface area contributed by atoms with Crippen LogP contribution in [0.1, 0.15) is 16.8 Å². The monoisotopic (exact) mass is 477 g/mol. The zero-order chi connectivity index (χ0) is 23.4. The number of ether oxygens (including phenoxy) is 1. The Kier molecular flexibility index (Phi) is 6.72. The number of thioether (sulfide) groups is 1. The normalized spacial score (nSPS) is 10.7. The topological polar surface area (TPSA) is 110 Å². The Bertz CT molecular complexity index is 1370. The molecule has 166 valence electrons. The van der Waals surface area contributed by atoms with Gasteiger partial charge in [-0.15, -0.1) is 11.3 Å². The molecule has 0 fully saturated rings. The van der Waals surface area contributed by atoms with Crippen LogP contribution in [-0.4, -0.2) is 38.8 Å². The van der Waals surface area contributed by atoms with Crippen LogP contribution in [0.3, 0.4) is 0 Å². The number of aromatic nitrogens is 3. The van der Waals surface area contributed by atoms with Crippen molar-refractivity contribution in [1.29, 1.82) is 5.26 Å². The summed E-state index contributed by atoms with van der Waals surface area (Å²) in [5.41, 5.74) is 2.80. The Morgan fingerprint density at radius 2 is 2.00 bits per heavy atom. The van der Waals surface area contributed by atoms with Crippen molar-refractivity contribution >= 4 is 51.0 Å². The Morgan fingerprint density at radius 3 is 2.76 bits per heavy atom. The molecule has 3 aromatic heterocycles. The summed E-state index contributed by atoms with van der Waals surface area (Å²) in [6.45, 7) is 3.26. The van der Waals surface area contributed by atoms with Crippen LogP contribution in [-0.2, 0) is 14.3 Å². The van der Waals surface area contributed by atoms with Gasteiger partial charge in [-0.25, -0.2) is 9.97 Å². The number of hydrogen-bond donors (Lipinski definition) is 1. The third kappa shape index (κ3) is 4.74. The predicted molar refractivity (Wildman–Crippen MR) is 128 cm³/mol. The maximum Gasteiger partial charge on any atom is 0.316 e. The van der Waals surface area contributed by atoms with Crippen LogP contribution in [0, 0.1) is 25.2 Å². The van der Waals surface area contributed by atoms with E-state index in [2.05, 4.69) is 21.4 Å². The number of rotatable bonds is 7. The van der Waals surface area contributed by atoms with Crippen LogP contribution in [0.2, 0.25) is 0 Å². The van der Waals surface area contributed by atoms with E-state index in [9.17, 15) is 14.9 Å². The summed E-state index contributed by atoms with van der Waals surface area (Å²) in [5.74, 6) is -0.697. The fourth-order valence-electron chi connectivity index (χ4n) is 3.33. The number of para-hydroxylation sites is 1. The number of benzene rings is 1. The van der Waals surface area contributed by atoms with Gasteiger partial charge in [0.25, 0.3) is 5.91 Å². The first kappa shape index (κ1) is 22.5. The number of amides is 1. The first-order valence-corrected chi connectivity index (χ1v) is 11.8. The fraction of sp³-hybridized carbons (Fsp3) is 0.174. The van der Waals surface area contributed by atoms with Crippen LogP contribution in [0.15, 0.2) is 53.1 Å². The highest BCUT2D eigenvalue weighted by molar-refractivity contribution is 8.00. The standard InChI is InChI=1S/C23H19N5O3S2/c1-14-15(2)28(16-6-4-3-5-7-16)21(18(14)10-24)27-19(29)11-31-20(30)12-33-23-17-8-9-32-22(17)25-13-26-23/h3-9,13H,11-12H2,1-2H3,(H,27,29). The van der Waals surface area contributed by atoms with Gasteiger partial charge in [-0.2, -0.15) is 5.26 Å². The lowest BCUT2D eigenvalue weighted by atomic mass is 10.2. The summed E-state index contributed by atoms with van der Waals surface area (Å²) in [6, 6.07) is 13.5. The van der Waals surface area contributed by atoms with Crippen molar-refractivity contribution in [2.75, 3.05) is 17.7 Å². The largest absolute Gasteiger partial charge is 0.455 e. The molecular weight excluding hydrogens is 458 g/mol. The molecule has 0 spiro atoms. The molecule has 0 saturated heterocycles. The molecule has 4 rings (SSSR count). The highest BCUT2D eigenvalue weighted by Gasteiger charge is 2.21. The van der Waals surface area contributed by atoms with Gasteiger partial charge in [-0.3, -0.25) is 14.2 Å². The number of nitriles is 1. The maximum absolute atomic E-state index is 12.6. The second-order valence-electron chi connectivity index (χ2n) is 7.03. The molecule has 0 unspecified atom stereocenters. The summed E-state index contributed by atoms with van der Waals surface area (Å²) in [6.07, 6.45) is 1.46. The predicted octanol–water partition coefficient (Wildman–Crippen LogP) is 4.24. The number of nitrogens with zero attached hydrogens (tertiary/aromatic N) is 4. The van der Waals surface area contributed by atoms with Crippen LogP contribution in [0.4, 0.5) is 5.82 Å². The molecule has 8 nitrogen and oxygen atoms in total. The smallest absolute Gasteiger partial charge is 0.316 e. The molecule has 0 aliphatic heterocycles. The lowest BCUT2D eigenvalue weighted by molar-refractivity contribution is -0.144. The molecule has 1 amide bonds. The first-order valence-electron chi connectivity index (χ1n) is 9.93. The van der Waals surface area contributed by atoms with E-state index in [-0.39, 0.29) is 5.75 Å². The molecule has 1 N–H and O–H groups in total. The van der Waals surface area contributed by atoms with Gasteiger partial charge in [0.1, 0.15) is 28.1 Å². The van der Waals surface area contributed by atoms with Gasteiger partial charge in [0.15, 0.2) is 6.61 Å². The summed E-state index contributed by atoms with van der Waals surface area (Å²) < 4.78 is 6.95. The molecule has 0 saturated carbocycles. The number of hydrogen-bond acceptors (Lipinski definition) is 8. The molecule has 4 aromatic rings. The molecule has 0 aliphatic carbocycles. The summed E-state index contributed by atoms with van der Waals surface area (Å²) >= 11 is 2.73. The molecular formula is C23H19N5O3S2. The number of carbonyl (C=O) groups excluding carboxylic acids is 2. The van der Waals surface area contributed by atoms with Crippen molar-refractivity contribution in [2.24, 2.45) is 0 Å². The third-order valence-electron chi connectivity index (χ3n) is 5.01. The Hall–Kier alpha value is -3.68. The van der Waals surface area contributed by atoms with Crippen molar-refractivity contribution in [2.45, 2.75) is 18.9 Å². The van der Waals surface area contributed by atoms with Crippen molar-refractivity contribution in [1.82, 2.24) is 14.5 Å². The van der Waals surface area contributed by atoms with E-state index in [1.54, 1.807) is 0 Å². The Labute approximate surface area is 198 Å².